The molecular formula is C54H34N4. The van der Waals surface area contributed by atoms with Crippen molar-refractivity contribution in [3.63, 3.8) is 0 Å². The standard InChI is InChI=1S/C54H34N4/c1-3-14-36(15-4-1)52-46-31-25-35-13-7-8-18-42(35)53(46)56-54(55-52)37-23-28-41(29-24-37)58-48-21-11-9-19-43(48)45-30-26-39(34-51(45)58)38-27-32-50-47(33-38)44-20-10-12-22-49(44)57(50)40-16-5-2-6-17-40/h1-34H. The van der Waals surface area contributed by atoms with Gasteiger partial charge >= 0.3 is 0 Å². The van der Waals surface area contributed by atoms with Crippen LogP contribution in [0.3, 0.4) is 0 Å². The maximum atomic E-state index is 5.24. The third-order valence-corrected chi connectivity index (χ3v) is 11.7. The number of rotatable bonds is 5. The molecule has 270 valence electrons. The van der Waals surface area contributed by atoms with Gasteiger partial charge in [-0.2, -0.15) is 0 Å². The summed E-state index contributed by atoms with van der Waals surface area (Å²) in [6, 6.07) is 73.8. The Hall–Kier alpha value is -7.82. The molecule has 0 fully saturated rings. The molecule has 0 spiro atoms. The zero-order valence-electron chi connectivity index (χ0n) is 31.4. The zero-order chi connectivity index (χ0) is 38.2. The van der Waals surface area contributed by atoms with Crippen LogP contribution in [0.1, 0.15) is 0 Å². The second-order valence-electron chi connectivity index (χ2n) is 15.0. The van der Waals surface area contributed by atoms with Crippen LogP contribution in [0, 0.1) is 0 Å². The fourth-order valence-electron chi connectivity index (χ4n) is 9.00. The van der Waals surface area contributed by atoms with E-state index in [4.69, 9.17) is 9.97 Å². The largest absolute Gasteiger partial charge is 0.309 e. The molecule has 0 saturated carbocycles. The van der Waals surface area contributed by atoms with Gasteiger partial charge in [-0.1, -0.05) is 133 Å². The smallest absolute Gasteiger partial charge is 0.160 e. The number of para-hydroxylation sites is 3. The molecule has 0 aliphatic rings. The molecule has 0 N–H and O–H groups in total. The Morgan fingerprint density at radius 3 is 1.60 bits per heavy atom. The van der Waals surface area contributed by atoms with Crippen molar-refractivity contribution in [3.8, 4) is 45.1 Å². The average Bonchev–Trinajstić information content (AvgIpc) is 3.81. The molecule has 0 saturated heterocycles. The second-order valence-corrected chi connectivity index (χ2v) is 15.0. The first kappa shape index (κ1) is 32.4. The molecule has 0 aliphatic heterocycles. The average molecular weight is 739 g/mol. The number of aromatic nitrogens is 4. The molecule has 58 heavy (non-hydrogen) atoms. The first-order valence-corrected chi connectivity index (χ1v) is 19.7. The zero-order valence-corrected chi connectivity index (χ0v) is 31.4. The molecule has 12 aromatic rings. The summed E-state index contributed by atoms with van der Waals surface area (Å²) in [6.45, 7) is 0. The van der Waals surface area contributed by atoms with E-state index >= 15 is 0 Å². The summed E-state index contributed by atoms with van der Waals surface area (Å²) in [5.74, 6) is 0.711. The van der Waals surface area contributed by atoms with E-state index in [0.29, 0.717) is 5.82 Å². The molecule has 0 aliphatic carbocycles. The van der Waals surface area contributed by atoms with Crippen LogP contribution in [-0.2, 0) is 0 Å². The monoisotopic (exact) mass is 738 g/mol. The van der Waals surface area contributed by atoms with E-state index in [-0.39, 0.29) is 0 Å². The molecule has 4 heteroatoms. The summed E-state index contributed by atoms with van der Waals surface area (Å²) in [7, 11) is 0. The van der Waals surface area contributed by atoms with Gasteiger partial charge in [-0.15, -0.1) is 0 Å². The van der Waals surface area contributed by atoms with Crippen LogP contribution in [-0.4, -0.2) is 19.1 Å². The van der Waals surface area contributed by atoms with Crippen molar-refractivity contribution in [2.24, 2.45) is 0 Å². The van der Waals surface area contributed by atoms with Crippen LogP contribution in [0.2, 0.25) is 0 Å². The highest BCUT2D eigenvalue weighted by molar-refractivity contribution is 6.13. The predicted octanol–water partition coefficient (Wildman–Crippen LogP) is 14.0. The normalized spacial score (nSPS) is 11.8. The van der Waals surface area contributed by atoms with Gasteiger partial charge in [-0.3, -0.25) is 0 Å². The minimum atomic E-state index is 0.711. The van der Waals surface area contributed by atoms with Crippen molar-refractivity contribution in [3.05, 3.63) is 206 Å². The highest BCUT2D eigenvalue weighted by Crippen LogP contribution is 2.39. The minimum absolute atomic E-state index is 0.711. The first-order valence-electron chi connectivity index (χ1n) is 19.7. The Morgan fingerprint density at radius 2 is 0.828 bits per heavy atom. The Labute approximate surface area is 334 Å². The SMILES string of the molecule is c1ccc(-c2nc(-c3ccc(-n4c5ccccc5c5ccc(-c6ccc7c(c6)c6ccccc6n7-c6ccccc6)cc54)cc3)nc3c2ccc2ccccc23)cc1. The van der Waals surface area contributed by atoms with Gasteiger partial charge < -0.3 is 9.13 Å². The molecule has 0 bridgehead atoms. The number of hydrogen-bond acceptors (Lipinski definition) is 2. The third kappa shape index (κ3) is 5.02. The number of hydrogen-bond donors (Lipinski definition) is 0. The molecule has 3 heterocycles. The van der Waals surface area contributed by atoms with E-state index in [2.05, 4.69) is 209 Å². The van der Waals surface area contributed by atoms with Gasteiger partial charge in [0.15, 0.2) is 5.82 Å². The lowest BCUT2D eigenvalue weighted by atomic mass is 10.0. The van der Waals surface area contributed by atoms with Crippen molar-refractivity contribution in [2.75, 3.05) is 0 Å². The van der Waals surface area contributed by atoms with Gasteiger partial charge in [-0.25, -0.2) is 9.97 Å². The van der Waals surface area contributed by atoms with Crippen LogP contribution in [0.25, 0.3) is 110 Å². The Balaban J connectivity index is 1.00. The summed E-state index contributed by atoms with van der Waals surface area (Å²) >= 11 is 0. The summed E-state index contributed by atoms with van der Waals surface area (Å²) in [4.78, 5) is 10.5. The molecule has 12 rings (SSSR count). The molecule has 0 atom stereocenters. The van der Waals surface area contributed by atoms with Crippen molar-refractivity contribution in [1.29, 1.82) is 0 Å². The van der Waals surface area contributed by atoms with Gasteiger partial charge in [0.05, 0.1) is 33.3 Å². The lowest BCUT2D eigenvalue weighted by Gasteiger charge is -2.13. The minimum Gasteiger partial charge on any atom is -0.309 e. The third-order valence-electron chi connectivity index (χ3n) is 11.7. The van der Waals surface area contributed by atoms with Crippen LogP contribution in [0.4, 0.5) is 0 Å². The highest BCUT2D eigenvalue weighted by Gasteiger charge is 2.18. The topological polar surface area (TPSA) is 35.6 Å². The van der Waals surface area contributed by atoms with Gasteiger partial charge in [0.1, 0.15) is 0 Å². The molecule has 0 unspecified atom stereocenters. The van der Waals surface area contributed by atoms with Gasteiger partial charge in [0.25, 0.3) is 0 Å². The number of fused-ring (bicyclic) bond motifs is 9. The fraction of sp³-hybridized carbons (Fsp3) is 0. The summed E-state index contributed by atoms with van der Waals surface area (Å²) in [5.41, 5.74) is 13.3. The van der Waals surface area contributed by atoms with Crippen LogP contribution in [0.15, 0.2) is 206 Å². The van der Waals surface area contributed by atoms with E-state index in [9.17, 15) is 0 Å². The molecule has 0 amide bonds. The highest BCUT2D eigenvalue weighted by atomic mass is 15.0. The molecule has 4 nitrogen and oxygen atoms in total. The van der Waals surface area contributed by atoms with Crippen molar-refractivity contribution in [1.82, 2.24) is 19.1 Å². The summed E-state index contributed by atoms with van der Waals surface area (Å²) < 4.78 is 4.76. The maximum absolute atomic E-state index is 5.24. The predicted molar refractivity (Wildman–Crippen MR) is 242 cm³/mol. The summed E-state index contributed by atoms with van der Waals surface area (Å²) in [5, 5.41) is 8.28. The summed E-state index contributed by atoms with van der Waals surface area (Å²) in [6.07, 6.45) is 0. The van der Waals surface area contributed by atoms with Crippen LogP contribution >= 0.6 is 0 Å². The van der Waals surface area contributed by atoms with E-state index in [1.165, 1.54) is 54.6 Å². The maximum Gasteiger partial charge on any atom is 0.160 e. The lowest BCUT2D eigenvalue weighted by molar-refractivity contribution is 1.17. The van der Waals surface area contributed by atoms with Crippen molar-refractivity contribution in [2.45, 2.75) is 0 Å². The Kier molecular flexibility index (Phi) is 7.20. The van der Waals surface area contributed by atoms with E-state index in [1.54, 1.807) is 0 Å². The number of benzene rings is 9. The van der Waals surface area contributed by atoms with E-state index in [0.717, 1.165) is 50.0 Å². The Bertz CT molecular complexity index is 3540. The van der Waals surface area contributed by atoms with Gasteiger partial charge in [0.2, 0.25) is 0 Å². The molecule has 9 aromatic carbocycles. The van der Waals surface area contributed by atoms with Crippen molar-refractivity contribution >= 4 is 65.3 Å². The number of nitrogens with zero attached hydrogens (tertiary/aromatic N) is 4. The molecule has 0 radical (unpaired) electrons. The Morgan fingerprint density at radius 1 is 0.293 bits per heavy atom. The van der Waals surface area contributed by atoms with Gasteiger partial charge in [0, 0.05) is 54.8 Å². The second kappa shape index (κ2) is 12.9. The van der Waals surface area contributed by atoms with E-state index < -0.39 is 0 Å². The van der Waals surface area contributed by atoms with Crippen molar-refractivity contribution < 1.29 is 0 Å². The fourth-order valence-corrected chi connectivity index (χ4v) is 9.00. The van der Waals surface area contributed by atoms with E-state index in [1.807, 2.05) is 6.07 Å². The quantitative estimate of drug-likeness (QED) is 0.165. The molecular weight excluding hydrogens is 705 g/mol. The van der Waals surface area contributed by atoms with Crippen LogP contribution < -0.4 is 0 Å². The van der Waals surface area contributed by atoms with Crippen LogP contribution in [0.5, 0.6) is 0 Å². The first-order chi connectivity index (χ1) is 28.8. The molecule has 3 aromatic heterocycles. The van der Waals surface area contributed by atoms with Gasteiger partial charge in [-0.05, 0) is 89.3 Å². The lowest BCUT2D eigenvalue weighted by Crippen LogP contribution is -1.97.